The Bertz CT molecular complexity index is 1430. The lowest BCUT2D eigenvalue weighted by molar-refractivity contribution is 0.389. The van der Waals surface area contributed by atoms with Gasteiger partial charge in [0.1, 0.15) is 11.5 Å². The second kappa shape index (κ2) is 11.2. The maximum absolute atomic E-state index is 11.9. The molecule has 1 aliphatic carbocycles. The molecule has 1 saturated carbocycles. The topological polar surface area (TPSA) is 174 Å². The number of hydrogen-bond acceptors (Lipinski definition) is 8. The highest BCUT2D eigenvalue weighted by atomic mass is 32.2. The molecule has 0 heterocycles. The minimum atomic E-state index is -4.53. The van der Waals surface area contributed by atoms with E-state index in [9.17, 15) is 36.2 Å². The zero-order valence-corrected chi connectivity index (χ0v) is 25.2. The molecule has 1 fully saturated rings. The number of nitrogens with zero attached hydrogens (tertiary/aromatic N) is 2. The van der Waals surface area contributed by atoms with E-state index >= 15 is 0 Å². The van der Waals surface area contributed by atoms with E-state index in [2.05, 4.69) is 9.98 Å². The predicted molar refractivity (Wildman–Crippen MR) is 154 cm³/mol. The second-order valence-corrected chi connectivity index (χ2v) is 15.1. The summed E-state index contributed by atoms with van der Waals surface area (Å²) in [5.41, 5.74) is -0.272. The largest absolute Gasteiger partial charge is 0.507 e. The molecule has 3 rings (SSSR count). The molecular weight excluding hydrogens is 556 g/mol. The average Bonchev–Trinajstić information content (AvgIpc) is 2.80. The standard InChI is InChI=1S/C28H38N2O8S2/c1-27(2,3)21-13-19(39(33,34)35)11-17(25(21)31)15-29-23-9-7-8-10-24(23)30-16-18-12-20(40(36,37)38)14-22(26(18)32)28(4,5)6/h11-16,23-24,31-32H,7-10H2,1-6H3,(H,33,34,35)(H,36,37,38)/t23-,24-/m0/s1. The molecule has 0 radical (unpaired) electrons. The van der Waals surface area contributed by atoms with E-state index in [0.717, 1.165) is 25.0 Å². The smallest absolute Gasteiger partial charge is 0.294 e. The lowest BCUT2D eigenvalue weighted by Gasteiger charge is -2.26. The Morgan fingerprint density at radius 2 is 1.00 bits per heavy atom. The van der Waals surface area contributed by atoms with Crippen molar-refractivity contribution in [2.24, 2.45) is 9.98 Å². The minimum Gasteiger partial charge on any atom is -0.507 e. The summed E-state index contributed by atoms with van der Waals surface area (Å²) in [4.78, 5) is 8.54. The van der Waals surface area contributed by atoms with E-state index in [-0.39, 0.29) is 44.5 Å². The first-order chi connectivity index (χ1) is 18.2. The number of hydrogen-bond donors (Lipinski definition) is 4. The molecule has 4 N–H and O–H groups in total. The van der Waals surface area contributed by atoms with Crippen LogP contribution in [0, 0.1) is 0 Å². The lowest BCUT2D eigenvalue weighted by Crippen LogP contribution is -2.27. The molecule has 2 aromatic rings. The first-order valence-electron chi connectivity index (χ1n) is 13.0. The van der Waals surface area contributed by atoms with Gasteiger partial charge in [-0.1, -0.05) is 54.4 Å². The number of benzene rings is 2. The number of rotatable bonds is 6. The first-order valence-corrected chi connectivity index (χ1v) is 15.8. The maximum atomic E-state index is 11.9. The Kier molecular flexibility index (Phi) is 8.91. The van der Waals surface area contributed by atoms with Crippen LogP contribution in [-0.2, 0) is 31.1 Å². The van der Waals surface area contributed by atoms with E-state index < -0.39 is 31.1 Å². The molecule has 0 amide bonds. The van der Waals surface area contributed by atoms with Gasteiger partial charge in [-0.3, -0.25) is 19.1 Å². The number of phenolic OH excluding ortho intramolecular Hbond substituents is 2. The van der Waals surface area contributed by atoms with Crippen molar-refractivity contribution in [1.82, 2.24) is 0 Å². The third-order valence-corrected chi connectivity index (χ3v) is 8.60. The maximum Gasteiger partial charge on any atom is 0.294 e. The van der Waals surface area contributed by atoms with Gasteiger partial charge in [-0.15, -0.1) is 0 Å². The van der Waals surface area contributed by atoms with Crippen LogP contribution in [0.15, 0.2) is 44.0 Å². The van der Waals surface area contributed by atoms with Crippen LogP contribution in [0.1, 0.15) is 89.5 Å². The highest BCUT2D eigenvalue weighted by Gasteiger charge is 2.27. The molecule has 0 saturated heterocycles. The quantitative estimate of drug-likeness (QED) is 0.266. The highest BCUT2D eigenvalue weighted by molar-refractivity contribution is 7.86. The van der Waals surface area contributed by atoms with Crippen molar-refractivity contribution in [3.05, 3.63) is 46.5 Å². The highest BCUT2D eigenvalue weighted by Crippen LogP contribution is 2.37. The molecule has 0 aliphatic heterocycles. The van der Waals surface area contributed by atoms with E-state index in [0.29, 0.717) is 24.0 Å². The van der Waals surface area contributed by atoms with Crippen molar-refractivity contribution in [3.8, 4) is 11.5 Å². The van der Waals surface area contributed by atoms with Gasteiger partial charge in [0.05, 0.1) is 21.9 Å². The second-order valence-electron chi connectivity index (χ2n) is 12.2. The fourth-order valence-corrected chi connectivity index (χ4v) is 5.77. The summed E-state index contributed by atoms with van der Waals surface area (Å²) in [7, 11) is -9.06. The summed E-state index contributed by atoms with van der Waals surface area (Å²) in [5.74, 6) is -0.276. The molecule has 40 heavy (non-hydrogen) atoms. The van der Waals surface area contributed by atoms with E-state index in [1.807, 2.05) is 0 Å². The van der Waals surface area contributed by atoms with Crippen LogP contribution in [-0.4, -0.2) is 60.7 Å². The van der Waals surface area contributed by atoms with Crippen molar-refractivity contribution in [3.63, 3.8) is 0 Å². The fourth-order valence-electron chi connectivity index (χ4n) is 4.69. The third-order valence-electron chi connectivity index (χ3n) is 6.94. The summed E-state index contributed by atoms with van der Waals surface area (Å²) < 4.78 is 66.9. The Morgan fingerprint density at radius 1 is 0.675 bits per heavy atom. The van der Waals surface area contributed by atoms with Crippen LogP contribution < -0.4 is 0 Å². The van der Waals surface area contributed by atoms with Crippen molar-refractivity contribution in [1.29, 1.82) is 0 Å². The van der Waals surface area contributed by atoms with Gasteiger partial charge in [-0.2, -0.15) is 16.8 Å². The van der Waals surface area contributed by atoms with E-state index in [1.165, 1.54) is 24.6 Å². The molecule has 10 nitrogen and oxygen atoms in total. The van der Waals surface area contributed by atoms with Gasteiger partial charge in [0.15, 0.2) is 0 Å². The molecule has 0 bridgehead atoms. The monoisotopic (exact) mass is 594 g/mol. The molecule has 1 aliphatic rings. The molecule has 2 atom stereocenters. The van der Waals surface area contributed by atoms with Gasteiger partial charge in [0.2, 0.25) is 0 Å². The summed E-state index contributed by atoms with van der Waals surface area (Å²) in [6.07, 6.45) is 5.82. The zero-order valence-electron chi connectivity index (χ0n) is 23.6. The molecule has 0 unspecified atom stereocenters. The third kappa shape index (κ3) is 7.48. The molecule has 2 aromatic carbocycles. The summed E-state index contributed by atoms with van der Waals surface area (Å²) >= 11 is 0. The summed E-state index contributed by atoms with van der Waals surface area (Å²) in [6.45, 7) is 10.8. The van der Waals surface area contributed by atoms with Crippen LogP contribution in [0.3, 0.4) is 0 Å². The van der Waals surface area contributed by atoms with Gasteiger partial charge in [0, 0.05) is 34.7 Å². The Balaban J connectivity index is 2.02. The van der Waals surface area contributed by atoms with Crippen LogP contribution in [0.25, 0.3) is 0 Å². The number of aliphatic imine (C=N–C) groups is 2. The summed E-state index contributed by atoms with van der Waals surface area (Å²) in [6, 6.07) is 4.13. The van der Waals surface area contributed by atoms with E-state index in [4.69, 9.17) is 0 Å². The Hall–Kier alpha value is -2.80. The molecule has 0 aromatic heterocycles. The van der Waals surface area contributed by atoms with Crippen molar-refractivity contribution >= 4 is 32.7 Å². The normalized spacial score (nSPS) is 19.5. The summed E-state index contributed by atoms with van der Waals surface area (Å²) in [5, 5.41) is 21.8. The van der Waals surface area contributed by atoms with Crippen molar-refractivity contribution in [2.45, 2.75) is 99.9 Å². The average molecular weight is 595 g/mol. The molecule has 220 valence electrons. The van der Waals surface area contributed by atoms with Crippen molar-refractivity contribution in [2.75, 3.05) is 0 Å². The van der Waals surface area contributed by atoms with Gasteiger partial charge >= 0.3 is 0 Å². The van der Waals surface area contributed by atoms with Gasteiger partial charge in [0.25, 0.3) is 20.2 Å². The Labute approximate surface area is 236 Å². The van der Waals surface area contributed by atoms with Crippen LogP contribution in [0.5, 0.6) is 11.5 Å². The van der Waals surface area contributed by atoms with Crippen LogP contribution >= 0.6 is 0 Å². The number of phenols is 2. The zero-order chi connectivity index (χ0) is 30.3. The molecule has 12 heteroatoms. The van der Waals surface area contributed by atoms with Gasteiger partial charge in [-0.25, -0.2) is 0 Å². The van der Waals surface area contributed by atoms with Crippen LogP contribution in [0.4, 0.5) is 0 Å². The number of aromatic hydroxyl groups is 2. The van der Waals surface area contributed by atoms with Crippen molar-refractivity contribution < 1.29 is 36.2 Å². The molecule has 0 spiro atoms. The van der Waals surface area contributed by atoms with Gasteiger partial charge < -0.3 is 10.2 Å². The minimum absolute atomic E-state index is 0.138. The molecular formula is C28H38N2O8S2. The fraction of sp³-hybridized carbons (Fsp3) is 0.500. The van der Waals surface area contributed by atoms with Crippen LogP contribution in [0.2, 0.25) is 0 Å². The SMILES string of the molecule is CC(C)(C)c1cc(S(=O)(=O)O)cc(C=N[C@H]2CCCC[C@@H]2N=Cc2cc(S(=O)(=O)O)cc(C(C)(C)C)c2O)c1O. The first kappa shape index (κ1) is 31.7. The van der Waals surface area contributed by atoms with E-state index in [1.54, 1.807) is 41.5 Å². The lowest BCUT2D eigenvalue weighted by atomic mass is 9.85. The van der Waals surface area contributed by atoms with Gasteiger partial charge in [-0.05, 0) is 47.9 Å². The Morgan fingerprint density at radius 3 is 1.27 bits per heavy atom. The predicted octanol–water partition coefficient (Wildman–Crippen LogP) is 5.04.